The van der Waals surface area contributed by atoms with Crippen molar-refractivity contribution in [3.63, 3.8) is 0 Å². The molecule has 1 aliphatic rings. The summed E-state index contributed by atoms with van der Waals surface area (Å²) >= 11 is 0. The van der Waals surface area contributed by atoms with Crippen molar-refractivity contribution < 1.29 is 14.3 Å². The van der Waals surface area contributed by atoms with Gasteiger partial charge in [0.25, 0.3) is 5.91 Å². The highest BCUT2D eigenvalue weighted by atomic mass is 16.5. The van der Waals surface area contributed by atoms with Crippen molar-refractivity contribution in [2.45, 2.75) is 33.1 Å². The predicted molar refractivity (Wildman–Crippen MR) is 82.7 cm³/mol. The number of benzene rings is 1. The SMILES string of the molecule is CCCOc1ccc(OCC(=O)N2CCCC(C)C2)cc1. The fourth-order valence-corrected chi connectivity index (χ4v) is 2.50. The smallest absolute Gasteiger partial charge is 0.260 e. The molecule has 1 aromatic carbocycles. The van der Waals surface area contributed by atoms with Gasteiger partial charge in [-0.3, -0.25) is 4.79 Å². The van der Waals surface area contributed by atoms with Gasteiger partial charge in [0.1, 0.15) is 11.5 Å². The monoisotopic (exact) mass is 291 g/mol. The Balaban J connectivity index is 1.78. The molecule has 1 unspecified atom stereocenters. The van der Waals surface area contributed by atoms with Gasteiger partial charge in [-0.15, -0.1) is 0 Å². The number of likely N-dealkylation sites (tertiary alicyclic amines) is 1. The van der Waals surface area contributed by atoms with Crippen molar-refractivity contribution in [2.24, 2.45) is 5.92 Å². The molecule has 0 saturated carbocycles. The van der Waals surface area contributed by atoms with Crippen LogP contribution in [0.3, 0.4) is 0 Å². The van der Waals surface area contributed by atoms with E-state index in [2.05, 4.69) is 13.8 Å². The van der Waals surface area contributed by atoms with Crippen molar-refractivity contribution in [1.82, 2.24) is 4.90 Å². The number of hydrogen-bond donors (Lipinski definition) is 0. The van der Waals surface area contributed by atoms with E-state index < -0.39 is 0 Å². The van der Waals surface area contributed by atoms with Crippen molar-refractivity contribution in [3.05, 3.63) is 24.3 Å². The van der Waals surface area contributed by atoms with Crippen LogP contribution < -0.4 is 9.47 Å². The second-order valence-electron chi connectivity index (χ2n) is 5.70. The van der Waals surface area contributed by atoms with Crippen molar-refractivity contribution in [3.8, 4) is 11.5 Å². The summed E-state index contributed by atoms with van der Waals surface area (Å²) in [5.74, 6) is 2.21. The summed E-state index contributed by atoms with van der Waals surface area (Å²) < 4.78 is 11.1. The topological polar surface area (TPSA) is 38.8 Å². The molecular formula is C17H25NO3. The van der Waals surface area contributed by atoms with E-state index in [1.54, 1.807) is 0 Å². The fourth-order valence-electron chi connectivity index (χ4n) is 2.50. The third kappa shape index (κ3) is 4.96. The van der Waals surface area contributed by atoms with Gasteiger partial charge in [0.2, 0.25) is 0 Å². The molecule has 1 saturated heterocycles. The minimum absolute atomic E-state index is 0.0767. The van der Waals surface area contributed by atoms with Gasteiger partial charge in [-0.25, -0.2) is 0 Å². The fraction of sp³-hybridized carbons (Fsp3) is 0.588. The van der Waals surface area contributed by atoms with Crippen LogP contribution in [0.25, 0.3) is 0 Å². The number of carbonyl (C=O) groups is 1. The Morgan fingerprint density at radius 1 is 1.24 bits per heavy atom. The molecular weight excluding hydrogens is 266 g/mol. The van der Waals surface area contributed by atoms with Gasteiger partial charge < -0.3 is 14.4 Å². The molecule has 0 aliphatic carbocycles. The van der Waals surface area contributed by atoms with Crippen LogP contribution in [0.5, 0.6) is 11.5 Å². The first-order chi connectivity index (χ1) is 10.2. The largest absolute Gasteiger partial charge is 0.494 e. The summed E-state index contributed by atoms with van der Waals surface area (Å²) in [5.41, 5.74) is 0. The van der Waals surface area contributed by atoms with E-state index in [0.29, 0.717) is 18.3 Å². The molecule has 116 valence electrons. The van der Waals surface area contributed by atoms with Crippen molar-refractivity contribution >= 4 is 5.91 Å². The first-order valence-electron chi connectivity index (χ1n) is 7.82. The quantitative estimate of drug-likeness (QED) is 0.808. The third-order valence-electron chi connectivity index (χ3n) is 3.67. The zero-order valence-corrected chi connectivity index (χ0v) is 13.0. The van der Waals surface area contributed by atoms with Crippen molar-refractivity contribution in [1.29, 1.82) is 0 Å². The molecule has 1 atom stereocenters. The van der Waals surface area contributed by atoms with Crippen LogP contribution in [0.1, 0.15) is 33.1 Å². The molecule has 21 heavy (non-hydrogen) atoms. The molecule has 0 spiro atoms. The maximum atomic E-state index is 12.1. The van der Waals surface area contributed by atoms with Crippen LogP contribution in [-0.2, 0) is 4.79 Å². The lowest BCUT2D eigenvalue weighted by Crippen LogP contribution is -2.41. The number of nitrogens with zero attached hydrogens (tertiary/aromatic N) is 1. The predicted octanol–water partition coefficient (Wildman–Crippen LogP) is 3.11. The molecule has 1 heterocycles. The lowest BCUT2D eigenvalue weighted by Gasteiger charge is -2.30. The highest BCUT2D eigenvalue weighted by Gasteiger charge is 2.20. The first kappa shape index (κ1) is 15.7. The number of piperidine rings is 1. The number of ether oxygens (including phenoxy) is 2. The Hall–Kier alpha value is -1.71. The third-order valence-corrected chi connectivity index (χ3v) is 3.67. The average Bonchev–Trinajstić information content (AvgIpc) is 2.51. The van der Waals surface area contributed by atoms with Gasteiger partial charge >= 0.3 is 0 Å². The highest BCUT2D eigenvalue weighted by molar-refractivity contribution is 5.77. The summed E-state index contributed by atoms with van der Waals surface area (Å²) in [6, 6.07) is 7.44. The number of hydrogen-bond acceptors (Lipinski definition) is 3. The van der Waals surface area contributed by atoms with Gasteiger partial charge in [-0.2, -0.15) is 0 Å². The zero-order chi connectivity index (χ0) is 15.1. The van der Waals surface area contributed by atoms with E-state index in [9.17, 15) is 4.79 Å². The second-order valence-corrected chi connectivity index (χ2v) is 5.70. The summed E-state index contributed by atoms with van der Waals surface area (Å²) in [5, 5.41) is 0. The highest BCUT2D eigenvalue weighted by Crippen LogP contribution is 2.19. The average molecular weight is 291 g/mol. The first-order valence-corrected chi connectivity index (χ1v) is 7.82. The Bertz CT molecular complexity index is 444. The summed E-state index contributed by atoms with van der Waals surface area (Å²) in [6.07, 6.45) is 3.29. The van der Waals surface area contributed by atoms with Gasteiger partial charge in [-0.05, 0) is 49.4 Å². The van der Waals surface area contributed by atoms with Gasteiger partial charge in [0.15, 0.2) is 6.61 Å². The molecule has 4 nitrogen and oxygen atoms in total. The van der Waals surface area contributed by atoms with E-state index in [0.717, 1.165) is 31.7 Å². The van der Waals surface area contributed by atoms with Crippen LogP contribution in [0.2, 0.25) is 0 Å². The molecule has 1 amide bonds. The molecule has 0 bridgehead atoms. The van der Waals surface area contributed by atoms with E-state index in [1.807, 2.05) is 29.2 Å². The van der Waals surface area contributed by atoms with E-state index >= 15 is 0 Å². The van der Waals surface area contributed by atoms with Crippen LogP contribution in [0.4, 0.5) is 0 Å². The molecule has 1 aliphatic heterocycles. The maximum Gasteiger partial charge on any atom is 0.260 e. The Morgan fingerprint density at radius 2 is 1.90 bits per heavy atom. The second kappa shape index (κ2) is 7.91. The van der Waals surface area contributed by atoms with Gasteiger partial charge in [0.05, 0.1) is 6.61 Å². The number of carbonyl (C=O) groups excluding carboxylic acids is 1. The Labute approximate surface area is 127 Å². The Morgan fingerprint density at radius 3 is 2.52 bits per heavy atom. The normalized spacial score (nSPS) is 18.4. The summed E-state index contributed by atoms with van der Waals surface area (Å²) in [7, 11) is 0. The van der Waals surface area contributed by atoms with Crippen LogP contribution in [0.15, 0.2) is 24.3 Å². The zero-order valence-electron chi connectivity index (χ0n) is 13.0. The molecule has 0 radical (unpaired) electrons. The molecule has 1 fully saturated rings. The van der Waals surface area contributed by atoms with Gasteiger partial charge in [-0.1, -0.05) is 13.8 Å². The van der Waals surface area contributed by atoms with Crippen LogP contribution >= 0.6 is 0 Å². The van der Waals surface area contributed by atoms with Gasteiger partial charge in [0, 0.05) is 13.1 Å². The van der Waals surface area contributed by atoms with Crippen LogP contribution in [-0.4, -0.2) is 37.1 Å². The molecule has 0 aromatic heterocycles. The van der Waals surface area contributed by atoms with Crippen molar-refractivity contribution in [2.75, 3.05) is 26.3 Å². The summed E-state index contributed by atoms with van der Waals surface area (Å²) in [4.78, 5) is 14.0. The lowest BCUT2D eigenvalue weighted by molar-refractivity contribution is -0.135. The molecule has 0 N–H and O–H groups in total. The molecule has 1 aromatic rings. The standard InChI is InChI=1S/C17H25NO3/c1-3-11-20-15-6-8-16(9-7-15)21-13-17(19)18-10-4-5-14(2)12-18/h6-9,14H,3-5,10-13H2,1-2H3. The summed E-state index contributed by atoms with van der Waals surface area (Å²) in [6.45, 7) is 6.80. The maximum absolute atomic E-state index is 12.1. The molecule has 2 rings (SSSR count). The van der Waals surface area contributed by atoms with E-state index in [1.165, 1.54) is 6.42 Å². The lowest BCUT2D eigenvalue weighted by atomic mass is 10.0. The number of amides is 1. The van der Waals surface area contributed by atoms with Crippen LogP contribution in [0, 0.1) is 5.92 Å². The Kier molecular flexibility index (Phi) is 5.90. The van der Waals surface area contributed by atoms with E-state index in [-0.39, 0.29) is 12.5 Å². The molecule has 4 heteroatoms. The van der Waals surface area contributed by atoms with E-state index in [4.69, 9.17) is 9.47 Å². The number of rotatable bonds is 6. The minimum atomic E-state index is 0.0767. The minimum Gasteiger partial charge on any atom is -0.494 e.